The van der Waals surface area contributed by atoms with Crippen LogP contribution in [0.1, 0.15) is 25.0 Å². The van der Waals surface area contributed by atoms with E-state index in [0.717, 1.165) is 49.4 Å². The van der Waals surface area contributed by atoms with Crippen molar-refractivity contribution in [3.05, 3.63) is 230 Å². The van der Waals surface area contributed by atoms with Gasteiger partial charge in [0.25, 0.3) is 0 Å². The minimum Gasteiger partial charge on any atom is -0.456 e. The van der Waals surface area contributed by atoms with Crippen LogP contribution in [-0.2, 0) is 5.41 Å². The summed E-state index contributed by atoms with van der Waals surface area (Å²) in [6, 6.07) is 80.0. The van der Waals surface area contributed by atoms with Crippen LogP contribution in [0.3, 0.4) is 0 Å². The Morgan fingerprint density at radius 2 is 0.642 bits per heavy atom. The highest BCUT2D eigenvalue weighted by molar-refractivity contribution is 6.22. The third kappa shape index (κ3) is 5.63. The molecule has 0 aliphatic heterocycles. The maximum Gasteiger partial charge on any atom is 0.135 e. The van der Waals surface area contributed by atoms with Gasteiger partial charge in [-0.2, -0.15) is 0 Å². The summed E-state index contributed by atoms with van der Waals surface area (Å²) < 4.78 is 12.6. The van der Waals surface area contributed by atoms with E-state index < -0.39 is 0 Å². The predicted octanol–water partition coefficient (Wildman–Crippen LogP) is 18.4. The van der Waals surface area contributed by atoms with Crippen LogP contribution >= 0.6 is 0 Å². The molecule has 1 aliphatic carbocycles. The standard InChI is InChI=1S/C65H42O2/c1-65(2)56-23-10-7-14-46(56)53-36-41(30-33-57(53)65)44-21-13-22-45(42-31-34-60-54(37-42)47-15-8-11-24-58(47)66-60)62(44)39-26-28-40(29-27-39)63-49-17-3-5-19-51(49)64(52-20-6-4-18-50(52)63)43-32-35-61-55(38-43)48-16-9-12-25-59(48)67-61/h3-38H,1-2H3. The number of para-hydroxylation sites is 2. The fourth-order valence-electron chi connectivity index (χ4n) is 11.6. The topological polar surface area (TPSA) is 26.3 Å². The smallest absolute Gasteiger partial charge is 0.135 e. The molecule has 67 heavy (non-hydrogen) atoms. The summed E-state index contributed by atoms with van der Waals surface area (Å²) in [6.07, 6.45) is 0. The molecule has 2 heteroatoms. The molecule has 14 rings (SSSR count). The van der Waals surface area contributed by atoms with Gasteiger partial charge in [0.2, 0.25) is 0 Å². The first-order valence-corrected chi connectivity index (χ1v) is 23.2. The van der Waals surface area contributed by atoms with Gasteiger partial charge in [0.05, 0.1) is 0 Å². The largest absolute Gasteiger partial charge is 0.456 e. The molecule has 0 radical (unpaired) electrons. The Morgan fingerprint density at radius 1 is 0.254 bits per heavy atom. The first kappa shape index (κ1) is 37.9. The molecule has 11 aromatic carbocycles. The van der Waals surface area contributed by atoms with E-state index >= 15 is 0 Å². The third-order valence-electron chi connectivity index (χ3n) is 14.7. The van der Waals surface area contributed by atoms with E-state index in [1.165, 1.54) is 93.9 Å². The quantitative estimate of drug-likeness (QED) is 0.161. The zero-order valence-corrected chi connectivity index (χ0v) is 37.1. The number of rotatable bonds is 5. The van der Waals surface area contributed by atoms with Crippen molar-refractivity contribution >= 4 is 65.4 Å². The fraction of sp³-hybridized carbons (Fsp3) is 0.0462. The Labute approximate surface area is 388 Å². The van der Waals surface area contributed by atoms with Crippen molar-refractivity contribution in [2.75, 3.05) is 0 Å². The fourth-order valence-corrected chi connectivity index (χ4v) is 11.6. The molecular weight excluding hydrogens is 813 g/mol. The van der Waals surface area contributed by atoms with Crippen molar-refractivity contribution in [2.24, 2.45) is 0 Å². The molecule has 0 unspecified atom stereocenters. The van der Waals surface area contributed by atoms with Gasteiger partial charge >= 0.3 is 0 Å². The second kappa shape index (κ2) is 14.3. The van der Waals surface area contributed by atoms with E-state index in [9.17, 15) is 0 Å². The van der Waals surface area contributed by atoms with Crippen LogP contribution in [-0.4, -0.2) is 0 Å². The van der Waals surface area contributed by atoms with Crippen molar-refractivity contribution in [3.63, 3.8) is 0 Å². The van der Waals surface area contributed by atoms with Crippen LogP contribution in [0.5, 0.6) is 0 Å². The van der Waals surface area contributed by atoms with Gasteiger partial charge in [0.15, 0.2) is 0 Å². The first-order valence-electron chi connectivity index (χ1n) is 23.2. The van der Waals surface area contributed by atoms with E-state index in [-0.39, 0.29) is 5.41 Å². The Bertz CT molecular complexity index is 4120. The maximum atomic E-state index is 6.31. The Morgan fingerprint density at radius 3 is 1.24 bits per heavy atom. The van der Waals surface area contributed by atoms with E-state index in [0.29, 0.717) is 0 Å². The minimum atomic E-state index is -0.0669. The average molecular weight is 855 g/mol. The lowest BCUT2D eigenvalue weighted by Gasteiger charge is -2.22. The molecule has 0 fully saturated rings. The van der Waals surface area contributed by atoms with Gasteiger partial charge < -0.3 is 8.83 Å². The third-order valence-corrected chi connectivity index (χ3v) is 14.7. The van der Waals surface area contributed by atoms with Crippen molar-refractivity contribution in [1.82, 2.24) is 0 Å². The lowest BCUT2D eigenvalue weighted by molar-refractivity contribution is 0.660. The number of fused-ring (bicyclic) bond motifs is 11. The molecule has 0 saturated carbocycles. The highest BCUT2D eigenvalue weighted by atomic mass is 16.3. The van der Waals surface area contributed by atoms with Crippen LogP contribution in [0, 0.1) is 0 Å². The second-order valence-electron chi connectivity index (χ2n) is 18.7. The van der Waals surface area contributed by atoms with Gasteiger partial charge in [0, 0.05) is 27.0 Å². The molecule has 0 amide bonds. The number of hydrogen-bond donors (Lipinski definition) is 0. The van der Waals surface area contributed by atoms with Crippen molar-refractivity contribution < 1.29 is 8.83 Å². The molecule has 13 aromatic rings. The lowest BCUT2D eigenvalue weighted by atomic mass is 9.81. The zero-order chi connectivity index (χ0) is 44.4. The number of furan rings is 2. The minimum absolute atomic E-state index is 0.0669. The molecule has 0 spiro atoms. The Balaban J connectivity index is 0.963. The monoisotopic (exact) mass is 854 g/mol. The molecule has 2 aromatic heterocycles. The Hall–Kier alpha value is -8.46. The molecule has 2 nitrogen and oxygen atoms in total. The SMILES string of the molecule is CC1(C)c2ccccc2-c2cc(-c3cccc(-c4ccc5oc6ccccc6c5c4)c3-c3ccc(-c4c5ccccc5c(-c5ccc6oc7ccccc7c6c5)c5ccccc45)cc3)ccc21. The summed E-state index contributed by atoms with van der Waals surface area (Å²) in [6.45, 7) is 4.70. The highest BCUT2D eigenvalue weighted by Crippen LogP contribution is 2.51. The van der Waals surface area contributed by atoms with Gasteiger partial charge in [-0.1, -0.05) is 190 Å². The first-order chi connectivity index (χ1) is 33.0. The zero-order valence-electron chi connectivity index (χ0n) is 37.1. The van der Waals surface area contributed by atoms with Gasteiger partial charge in [0.1, 0.15) is 22.3 Å². The van der Waals surface area contributed by atoms with Crippen LogP contribution in [0.15, 0.2) is 227 Å². The van der Waals surface area contributed by atoms with Gasteiger partial charge in [-0.25, -0.2) is 0 Å². The molecule has 0 atom stereocenters. The molecule has 0 N–H and O–H groups in total. The van der Waals surface area contributed by atoms with Crippen molar-refractivity contribution in [2.45, 2.75) is 19.3 Å². The maximum absolute atomic E-state index is 6.31. The van der Waals surface area contributed by atoms with Crippen LogP contribution in [0.25, 0.3) is 132 Å². The predicted molar refractivity (Wildman–Crippen MR) is 281 cm³/mol. The average Bonchev–Trinajstić information content (AvgIpc) is 4.02. The molecule has 314 valence electrons. The summed E-state index contributed by atoms with van der Waals surface area (Å²) in [7, 11) is 0. The molecule has 0 bridgehead atoms. The summed E-state index contributed by atoms with van der Waals surface area (Å²) in [5.74, 6) is 0. The van der Waals surface area contributed by atoms with Crippen molar-refractivity contribution in [1.29, 1.82) is 0 Å². The van der Waals surface area contributed by atoms with E-state index in [4.69, 9.17) is 8.83 Å². The normalized spacial score (nSPS) is 13.0. The summed E-state index contributed by atoms with van der Waals surface area (Å²) in [5, 5.41) is 9.42. The van der Waals surface area contributed by atoms with Gasteiger partial charge in [-0.05, 0) is 142 Å². The van der Waals surface area contributed by atoms with Crippen LogP contribution < -0.4 is 0 Å². The van der Waals surface area contributed by atoms with Gasteiger partial charge in [-0.15, -0.1) is 0 Å². The van der Waals surface area contributed by atoms with Crippen LogP contribution in [0.2, 0.25) is 0 Å². The van der Waals surface area contributed by atoms with Crippen molar-refractivity contribution in [3.8, 4) is 66.8 Å². The van der Waals surface area contributed by atoms with E-state index in [1.54, 1.807) is 0 Å². The van der Waals surface area contributed by atoms with Gasteiger partial charge in [-0.3, -0.25) is 0 Å². The van der Waals surface area contributed by atoms with Crippen LogP contribution in [0.4, 0.5) is 0 Å². The highest BCUT2D eigenvalue weighted by Gasteiger charge is 2.35. The molecule has 0 saturated heterocycles. The van der Waals surface area contributed by atoms with E-state index in [1.807, 2.05) is 18.2 Å². The summed E-state index contributed by atoms with van der Waals surface area (Å²) in [5.41, 5.74) is 20.9. The summed E-state index contributed by atoms with van der Waals surface area (Å²) >= 11 is 0. The lowest BCUT2D eigenvalue weighted by Crippen LogP contribution is -2.14. The second-order valence-corrected chi connectivity index (χ2v) is 18.7. The molecule has 1 aliphatic rings. The summed E-state index contributed by atoms with van der Waals surface area (Å²) in [4.78, 5) is 0. The molecular formula is C65H42O2. The number of hydrogen-bond acceptors (Lipinski definition) is 2. The number of benzene rings is 11. The Kier molecular flexibility index (Phi) is 8.06. The van der Waals surface area contributed by atoms with E-state index in [2.05, 4.69) is 214 Å². The molecule has 2 heterocycles.